The Kier molecular flexibility index (Phi) is 3.65. The zero-order chi connectivity index (χ0) is 18.0. The van der Waals surface area contributed by atoms with Crippen molar-refractivity contribution in [1.29, 1.82) is 0 Å². The topological polar surface area (TPSA) is 54.5 Å². The molecule has 2 aliphatic carbocycles. The first-order valence-corrected chi connectivity index (χ1v) is 10.7. The Hall–Kier alpha value is -1.33. The van der Waals surface area contributed by atoms with Gasteiger partial charge in [0.25, 0.3) is 5.91 Å². The van der Waals surface area contributed by atoms with Gasteiger partial charge in [-0.3, -0.25) is 4.79 Å². The van der Waals surface area contributed by atoms with E-state index in [1.54, 1.807) is 30.3 Å². The zero-order valence-electron chi connectivity index (χ0n) is 14.4. The molecule has 1 aromatic carbocycles. The van der Waals surface area contributed by atoms with Crippen molar-refractivity contribution in [2.45, 2.75) is 39.2 Å². The number of halogens is 1. The van der Waals surface area contributed by atoms with Crippen LogP contribution in [0.1, 0.15) is 38.7 Å². The van der Waals surface area contributed by atoms with Crippen LogP contribution < -0.4 is 0 Å². The predicted octanol–water partition coefficient (Wildman–Crippen LogP) is 3.72. The first-order valence-electron chi connectivity index (χ1n) is 8.67. The fourth-order valence-electron chi connectivity index (χ4n) is 5.39. The first kappa shape index (κ1) is 17.1. The fourth-order valence-corrected chi connectivity index (χ4v) is 8.03. The van der Waals surface area contributed by atoms with E-state index in [-0.39, 0.29) is 22.6 Å². The fraction of sp³-hybridized carbons (Fsp3) is 0.526. The van der Waals surface area contributed by atoms with Crippen LogP contribution in [0.5, 0.6) is 0 Å². The lowest BCUT2D eigenvalue weighted by Gasteiger charge is -2.36. The van der Waals surface area contributed by atoms with Gasteiger partial charge in [-0.2, -0.15) is 0 Å². The van der Waals surface area contributed by atoms with Crippen LogP contribution in [-0.4, -0.2) is 30.4 Å². The molecule has 0 N–H and O–H groups in total. The van der Waals surface area contributed by atoms with Crippen molar-refractivity contribution in [3.63, 3.8) is 0 Å². The van der Waals surface area contributed by atoms with E-state index in [4.69, 9.17) is 11.6 Å². The standard InChI is InChI=1S/C19H22ClNO3S/c1-18(2)14-9-10-19(18)12-25(23,24)21(16(19)11-14)17(22)8-5-13-3-6-15(20)7-4-13/h3-8,14,16H,9-12H2,1-2H3/b8-5+/t14-,16-,19-/m1/s1. The second kappa shape index (κ2) is 5.34. The third kappa shape index (κ3) is 2.32. The maximum absolute atomic E-state index is 12.8. The zero-order valence-corrected chi connectivity index (χ0v) is 16.0. The summed E-state index contributed by atoms with van der Waals surface area (Å²) in [7, 11) is -3.56. The maximum atomic E-state index is 12.8. The van der Waals surface area contributed by atoms with Gasteiger partial charge in [0.15, 0.2) is 0 Å². The number of rotatable bonds is 2. The van der Waals surface area contributed by atoms with Gasteiger partial charge in [-0.05, 0) is 54.4 Å². The minimum Gasteiger partial charge on any atom is -0.269 e. The van der Waals surface area contributed by atoms with Crippen LogP contribution in [-0.2, 0) is 14.8 Å². The van der Waals surface area contributed by atoms with Gasteiger partial charge >= 0.3 is 0 Å². The number of fused-ring (bicyclic) bond motifs is 1. The molecular formula is C19H22ClNO3S. The van der Waals surface area contributed by atoms with Crippen LogP contribution >= 0.6 is 11.6 Å². The molecule has 1 spiro atoms. The molecule has 25 heavy (non-hydrogen) atoms. The highest BCUT2D eigenvalue weighted by Crippen LogP contribution is 2.69. The lowest BCUT2D eigenvalue weighted by molar-refractivity contribution is -0.123. The van der Waals surface area contributed by atoms with E-state index in [0.717, 1.165) is 24.8 Å². The molecular weight excluding hydrogens is 358 g/mol. The highest BCUT2D eigenvalue weighted by Gasteiger charge is 2.72. The average Bonchev–Trinajstić information content (AvgIpc) is 3.01. The molecule has 0 unspecified atom stereocenters. The van der Waals surface area contributed by atoms with Crippen LogP contribution in [0.25, 0.3) is 6.08 Å². The molecule has 1 saturated heterocycles. The second-order valence-electron chi connectivity index (χ2n) is 8.14. The molecule has 1 amide bonds. The van der Waals surface area contributed by atoms with Crippen molar-refractivity contribution in [2.24, 2.45) is 16.7 Å². The number of amides is 1. The van der Waals surface area contributed by atoms with E-state index >= 15 is 0 Å². The van der Waals surface area contributed by atoms with Crippen LogP contribution in [0, 0.1) is 16.7 Å². The van der Waals surface area contributed by atoms with Crippen molar-refractivity contribution in [3.05, 3.63) is 40.9 Å². The number of carbonyl (C=O) groups is 1. The first-order chi connectivity index (χ1) is 11.7. The quantitative estimate of drug-likeness (QED) is 0.736. The molecule has 4 rings (SSSR count). The summed E-state index contributed by atoms with van der Waals surface area (Å²) in [6.45, 7) is 4.36. The van der Waals surface area contributed by atoms with Gasteiger partial charge in [0.05, 0.1) is 11.8 Å². The SMILES string of the molecule is CC1(C)[C@@H]2CC[C@]13CS(=O)(=O)N(C(=O)/C=C/c1ccc(Cl)cc1)[C@@H]3C2. The molecule has 134 valence electrons. The smallest absolute Gasteiger partial charge is 0.260 e. The Morgan fingerprint density at radius 2 is 1.96 bits per heavy atom. The molecule has 1 heterocycles. The lowest BCUT2D eigenvalue weighted by atomic mass is 9.69. The molecule has 2 saturated carbocycles. The lowest BCUT2D eigenvalue weighted by Crippen LogP contribution is -2.43. The van der Waals surface area contributed by atoms with Crippen molar-refractivity contribution >= 4 is 33.6 Å². The number of carbonyl (C=O) groups excluding carboxylic acids is 1. The van der Waals surface area contributed by atoms with Gasteiger partial charge in [0.2, 0.25) is 10.0 Å². The maximum Gasteiger partial charge on any atom is 0.260 e. The summed E-state index contributed by atoms with van der Waals surface area (Å²) in [6, 6.07) is 6.89. The normalized spacial score (nSPS) is 34.6. The minimum absolute atomic E-state index is 0.0281. The van der Waals surface area contributed by atoms with Crippen LogP contribution in [0.15, 0.2) is 30.3 Å². The molecule has 0 aromatic heterocycles. The Labute approximate surface area is 153 Å². The van der Waals surface area contributed by atoms with E-state index in [2.05, 4.69) is 13.8 Å². The van der Waals surface area contributed by atoms with E-state index in [9.17, 15) is 13.2 Å². The van der Waals surface area contributed by atoms with Crippen LogP contribution in [0.4, 0.5) is 0 Å². The molecule has 1 aromatic rings. The molecule has 3 fully saturated rings. The monoisotopic (exact) mass is 379 g/mol. The van der Waals surface area contributed by atoms with Gasteiger partial charge in [0, 0.05) is 16.5 Å². The third-order valence-electron chi connectivity index (χ3n) is 6.92. The summed E-state index contributed by atoms with van der Waals surface area (Å²) in [5.41, 5.74) is 0.511. The number of hydrogen-bond donors (Lipinski definition) is 0. The molecule has 3 atom stereocenters. The molecule has 6 heteroatoms. The second-order valence-corrected chi connectivity index (χ2v) is 10.4. The summed E-state index contributed by atoms with van der Waals surface area (Å²) in [5.74, 6) is 0.179. The Morgan fingerprint density at radius 3 is 2.60 bits per heavy atom. The summed E-state index contributed by atoms with van der Waals surface area (Å²) >= 11 is 5.86. The highest BCUT2D eigenvalue weighted by molar-refractivity contribution is 7.90. The number of benzene rings is 1. The Morgan fingerprint density at radius 1 is 1.28 bits per heavy atom. The van der Waals surface area contributed by atoms with Crippen molar-refractivity contribution in [3.8, 4) is 0 Å². The van der Waals surface area contributed by atoms with Crippen molar-refractivity contribution < 1.29 is 13.2 Å². The summed E-state index contributed by atoms with van der Waals surface area (Å²) in [6.07, 6.45) is 5.80. The molecule has 4 nitrogen and oxygen atoms in total. The van der Waals surface area contributed by atoms with E-state index in [1.807, 2.05) is 0 Å². The van der Waals surface area contributed by atoms with E-state index < -0.39 is 15.9 Å². The highest BCUT2D eigenvalue weighted by atomic mass is 35.5. The summed E-state index contributed by atoms with van der Waals surface area (Å²) < 4.78 is 26.8. The van der Waals surface area contributed by atoms with Gasteiger partial charge < -0.3 is 0 Å². The molecule has 1 aliphatic heterocycles. The molecule has 3 aliphatic rings. The van der Waals surface area contributed by atoms with E-state index in [1.165, 1.54) is 10.4 Å². The van der Waals surface area contributed by atoms with Gasteiger partial charge in [0.1, 0.15) is 0 Å². The van der Waals surface area contributed by atoms with Gasteiger partial charge in [-0.25, -0.2) is 12.7 Å². The average molecular weight is 380 g/mol. The molecule has 0 radical (unpaired) electrons. The number of nitrogens with zero attached hydrogens (tertiary/aromatic N) is 1. The van der Waals surface area contributed by atoms with Crippen LogP contribution in [0.2, 0.25) is 5.02 Å². The summed E-state index contributed by atoms with van der Waals surface area (Å²) in [5, 5.41) is 0.622. The summed E-state index contributed by atoms with van der Waals surface area (Å²) in [4.78, 5) is 12.8. The predicted molar refractivity (Wildman–Crippen MR) is 98.5 cm³/mol. The number of sulfonamides is 1. The Balaban J connectivity index is 1.64. The van der Waals surface area contributed by atoms with E-state index in [0.29, 0.717) is 10.9 Å². The van der Waals surface area contributed by atoms with Crippen LogP contribution in [0.3, 0.4) is 0 Å². The van der Waals surface area contributed by atoms with Gasteiger partial charge in [-0.1, -0.05) is 37.6 Å². The largest absolute Gasteiger partial charge is 0.269 e. The van der Waals surface area contributed by atoms with Crippen molar-refractivity contribution in [1.82, 2.24) is 4.31 Å². The van der Waals surface area contributed by atoms with Crippen molar-refractivity contribution in [2.75, 3.05) is 5.75 Å². The third-order valence-corrected chi connectivity index (χ3v) is 9.08. The number of hydrogen-bond acceptors (Lipinski definition) is 3. The minimum atomic E-state index is -3.56. The Bertz CT molecular complexity index is 859. The molecule has 2 bridgehead atoms. The van der Waals surface area contributed by atoms with Gasteiger partial charge in [-0.15, -0.1) is 0 Å².